The molecular formula is C20H24N4OS. The molecular weight excluding hydrogens is 344 g/mol. The van der Waals surface area contributed by atoms with Gasteiger partial charge in [0.25, 0.3) is 0 Å². The van der Waals surface area contributed by atoms with Gasteiger partial charge in [0, 0.05) is 35.3 Å². The summed E-state index contributed by atoms with van der Waals surface area (Å²) in [6.07, 6.45) is 6.62. The van der Waals surface area contributed by atoms with Gasteiger partial charge in [-0.15, -0.1) is 11.3 Å². The van der Waals surface area contributed by atoms with E-state index in [9.17, 15) is 0 Å². The van der Waals surface area contributed by atoms with Gasteiger partial charge in [-0.1, -0.05) is 18.2 Å². The second-order valence-electron chi connectivity index (χ2n) is 7.30. The number of morpholine rings is 1. The number of fused-ring (bicyclic) bond motifs is 3. The van der Waals surface area contributed by atoms with E-state index in [1.165, 1.54) is 41.2 Å². The Bertz CT molecular complexity index is 897. The summed E-state index contributed by atoms with van der Waals surface area (Å²) in [6.45, 7) is 3.97. The van der Waals surface area contributed by atoms with Crippen LogP contribution in [0.5, 0.6) is 0 Å². The summed E-state index contributed by atoms with van der Waals surface area (Å²) in [5.74, 6) is 1.00. The Hall–Kier alpha value is -1.76. The highest BCUT2D eigenvalue weighted by atomic mass is 32.1. The monoisotopic (exact) mass is 368 g/mol. The maximum Gasteiger partial charge on any atom is 0.139 e. The van der Waals surface area contributed by atoms with E-state index in [0.717, 1.165) is 43.0 Å². The Morgan fingerprint density at radius 2 is 1.85 bits per heavy atom. The molecule has 0 amide bonds. The fourth-order valence-electron chi connectivity index (χ4n) is 4.39. The molecule has 3 heterocycles. The number of benzene rings is 1. The Labute approximate surface area is 157 Å². The third-order valence-electron chi connectivity index (χ3n) is 5.78. The SMILES string of the molecule is c1ccc2c(c1)sc1ncnc(N[C@H]3CC[C@H](N4CCOCC4)CC3)c12. The summed E-state index contributed by atoms with van der Waals surface area (Å²) < 4.78 is 6.77. The number of ether oxygens (including phenoxy) is 1. The molecule has 1 saturated heterocycles. The van der Waals surface area contributed by atoms with Crippen molar-refractivity contribution in [3.05, 3.63) is 30.6 Å². The summed E-state index contributed by atoms with van der Waals surface area (Å²) in [5.41, 5.74) is 0. The highest BCUT2D eigenvalue weighted by molar-refractivity contribution is 7.25. The number of nitrogens with zero attached hydrogens (tertiary/aromatic N) is 3. The van der Waals surface area contributed by atoms with Gasteiger partial charge in [-0.3, -0.25) is 4.90 Å². The molecule has 6 heteroatoms. The van der Waals surface area contributed by atoms with Crippen molar-refractivity contribution < 1.29 is 4.74 Å². The highest BCUT2D eigenvalue weighted by Crippen LogP contribution is 2.36. The molecule has 2 fully saturated rings. The molecule has 5 rings (SSSR count). The van der Waals surface area contributed by atoms with Crippen molar-refractivity contribution >= 4 is 37.5 Å². The van der Waals surface area contributed by atoms with Gasteiger partial charge >= 0.3 is 0 Å². The molecule has 1 aliphatic heterocycles. The van der Waals surface area contributed by atoms with Crippen molar-refractivity contribution in [3.63, 3.8) is 0 Å². The average Bonchev–Trinajstić information content (AvgIpc) is 3.09. The number of rotatable bonds is 3. The molecule has 1 aliphatic carbocycles. The minimum absolute atomic E-state index is 0.504. The molecule has 0 atom stereocenters. The fourth-order valence-corrected chi connectivity index (χ4v) is 5.43. The normalized spacial score (nSPS) is 24.9. The Morgan fingerprint density at radius 3 is 2.69 bits per heavy atom. The van der Waals surface area contributed by atoms with Crippen LogP contribution < -0.4 is 5.32 Å². The zero-order valence-corrected chi connectivity index (χ0v) is 15.7. The van der Waals surface area contributed by atoms with Crippen LogP contribution in [0, 0.1) is 0 Å². The van der Waals surface area contributed by atoms with Crippen LogP contribution in [-0.2, 0) is 4.74 Å². The third-order valence-corrected chi connectivity index (χ3v) is 6.85. The molecule has 0 bridgehead atoms. The lowest BCUT2D eigenvalue weighted by molar-refractivity contribution is 0.00791. The third kappa shape index (κ3) is 3.06. The van der Waals surface area contributed by atoms with E-state index in [1.54, 1.807) is 17.7 Å². The average molecular weight is 369 g/mol. The van der Waals surface area contributed by atoms with E-state index < -0.39 is 0 Å². The van der Waals surface area contributed by atoms with Crippen molar-refractivity contribution in [2.24, 2.45) is 0 Å². The van der Waals surface area contributed by atoms with Gasteiger partial charge in [0.05, 0.1) is 18.6 Å². The van der Waals surface area contributed by atoms with Gasteiger partial charge in [-0.2, -0.15) is 0 Å². The highest BCUT2D eigenvalue weighted by Gasteiger charge is 2.27. The number of aromatic nitrogens is 2. The zero-order valence-electron chi connectivity index (χ0n) is 14.9. The second-order valence-corrected chi connectivity index (χ2v) is 8.33. The van der Waals surface area contributed by atoms with Crippen LogP contribution >= 0.6 is 11.3 Å². The molecule has 0 radical (unpaired) electrons. The van der Waals surface area contributed by atoms with E-state index in [1.807, 2.05) is 0 Å². The van der Waals surface area contributed by atoms with Gasteiger partial charge < -0.3 is 10.1 Å². The van der Waals surface area contributed by atoms with Crippen LogP contribution in [0.1, 0.15) is 25.7 Å². The minimum atomic E-state index is 0.504. The summed E-state index contributed by atoms with van der Waals surface area (Å²) >= 11 is 1.75. The Morgan fingerprint density at radius 1 is 1.04 bits per heavy atom. The molecule has 0 spiro atoms. The van der Waals surface area contributed by atoms with Crippen LogP contribution in [0.2, 0.25) is 0 Å². The molecule has 1 saturated carbocycles. The summed E-state index contributed by atoms with van der Waals surface area (Å²) in [7, 11) is 0. The number of anilines is 1. The van der Waals surface area contributed by atoms with Gasteiger partial charge in [0.1, 0.15) is 17.0 Å². The Balaban J connectivity index is 1.33. The maximum atomic E-state index is 5.49. The maximum absolute atomic E-state index is 5.49. The first-order chi connectivity index (χ1) is 12.9. The van der Waals surface area contributed by atoms with E-state index in [2.05, 4.69) is 44.5 Å². The lowest BCUT2D eigenvalue weighted by atomic mass is 9.90. The second kappa shape index (κ2) is 7.10. The smallest absolute Gasteiger partial charge is 0.139 e. The molecule has 0 unspecified atom stereocenters. The number of thiophene rings is 1. The van der Waals surface area contributed by atoms with E-state index >= 15 is 0 Å². The van der Waals surface area contributed by atoms with Crippen LogP contribution in [0.15, 0.2) is 30.6 Å². The first-order valence-corrected chi connectivity index (χ1v) is 10.4. The summed E-state index contributed by atoms with van der Waals surface area (Å²) in [6, 6.07) is 9.76. The molecule has 136 valence electrons. The van der Waals surface area contributed by atoms with Gasteiger partial charge in [-0.05, 0) is 31.7 Å². The topological polar surface area (TPSA) is 50.3 Å². The van der Waals surface area contributed by atoms with Gasteiger partial charge in [-0.25, -0.2) is 9.97 Å². The van der Waals surface area contributed by atoms with Crippen LogP contribution in [-0.4, -0.2) is 53.3 Å². The quantitative estimate of drug-likeness (QED) is 0.760. The van der Waals surface area contributed by atoms with Crippen molar-refractivity contribution in [1.82, 2.24) is 14.9 Å². The first-order valence-electron chi connectivity index (χ1n) is 9.59. The lowest BCUT2D eigenvalue weighted by Crippen LogP contribution is -2.46. The van der Waals surface area contributed by atoms with Gasteiger partial charge in [0.2, 0.25) is 0 Å². The van der Waals surface area contributed by atoms with Gasteiger partial charge in [0.15, 0.2) is 0 Å². The van der Waals surface area contributed by atoms with Crippen LogP contribution in [0.25, 0.3) is 20.3 Å². The standard InChI is InChI=1S/C20H24N4OS/c1-2-4-17-16(3-1)18-19(21-13-22-20(18)26-17)23-14-5-7-15(8-6-14)24-9-11-25-12-10-24/h1-4,13-15H,5-12H2,(H,21,22,23)/t14-,15-. The summed E-state index contributed by atoms with van der Waals surface area (Å²) in [5, 5.41) is 6.18. The predicted molar refractivity (Wildman–Crippen MR) is 107 cm³/mol. The van der Waals surface area contributed by atoms with E-state index in [-0.39, 0.29) is 0 Å². The van der Waals surface area contributed by atoms with Crippen LogP contribution in [0.3, 0.4) is 0 Å². The molecule has 2 aliphatic rings. The molecule has 26 heavy (non-hydrogen) atoms. The molecule has 1 aromatic carbocycles. The van der Waals surface area contributed by atoms with Crippen molar-refractivity contribution in [2.45, 2.75) is 37.8 Å². The van der Waals surface area contributed by atoms with Crippen molar-refractivity contribution in [3.8, 4) is 0 Å². The van der Waals surface area contributed by atoms with Crippen molar-refractivity contribution in [1.29, 1.82) is 0 Å². The largest absolute Gasteiger partial charge is 0.379 e. The van der Waals surface area contributed by atoms with E-state index in [4.69, 9.17) is 4.74 Å². The number of nitrogens with one attached hydrogen (secondary N) is 1. The number of hydrogen-bond donors (Lipinski definition) is 1. The lowest BCUT2D eigenvalue weighted by Gasteiger charge is -2.39. The molecule has 1 N–H and O–H groups in total. The molecule has 5 nitrogen and oxygen atoms in total. The number of hydrogen-bond acceptors (Lipinski definition) is 6. The fraction of sp³-hybridized carbons (Fsp3) is 0.500. The molecule has 2 aromatic heterocycles. The van der Waals surface area contributed by atoms with E-state index in [0.29, 0.717) is 6.04 Å². The molecule has 3 aromatic rings. The van der Waals surface area contributed by atoms with Crippen LogP contribution in [0.4, 0.5) is 5.82 Å². The zero-order chi connectivity index (χ0) is 17.3. The first kappa shape index (κ1) is 16.4. The predicted octanol–water partition coefficient (Wildman–Crippen LogP) is 3.90. The van der Waals surface area contributed by atoms with Crippen molar-refractivity contribution in [2.75, 3.05) is 31.6 Å². The summed E-state index contributed by atoms with van der Waals surface area (Å²) in [4.78, 5) is 12.8. The Kier molecular flexibility index (Phi) is 4.48. The minimum Gasteiger partial charge on any atom is -0.379 e.